The first-order valence-electron chi connectivity index (χ1n) is 11.6. The molecule has 0 saturated heterocycles. The van der Waals surface area contributed by atoms with Crippen LogP contribution in [0.25, 0.3) is 0 Å². The fourth-order valence-electron chi connectivity index (χ4n) is 4.04. The third-order valence-electron chi connectivity index (χ3n) is 5.84. The molecule has 4 nitrogen and oxygen atoms in total. The van der Waals surface area contributed by atoms with Gasteiger partial charge in [0.15, 0.2) is 0 Å². The molecule has 0 aliphatic carbocycles. The summed E-state index contributed by atoms with van der Waals surface area (Å²) in [4.78, 5) is 11.1. The highest BCUT2D eigenvalue weighted by atomic mass is 16.4. The van der Waals surface area contributed by atoms with Crippen LogP contribution in [0.2, 0.25) is 0 Å². The fraction of sp³-hybridized carbons (Fsp3) is 0.720. The quantitative estimate of drug-likeness (QED) is 0.229. The number of unbranched alkanes of at least 4 members (excludes halogenated alkanes) is 8. The van der Waals surface area contributed by atoms with Gasteiger partial charge in [-0.1, -0.05) is 109 Å². The van der Waals surface area contributed by atoms with Crippen LogP contribution in [0.15, 0.2) is 18.2 Å². The van der Waals surface area contributed by atoms with E-state index in [1.165, 1.54) is 83.1 Å². The number of hydrogen-bond acceptors (Lipinski definition) is 3. The molecule has 0 bridgehead atoms. The van der Waals surface area contributed by atoms with Gasteiger partial charge < -0.3 is 16.4 Å². The predicted molar refractivity (Wildman–Crippen MR) is 123 cm³/mol. The molecule has 0 saturated carbocycles. The molecule has 1 aromatic rings. The van der Waals surface area contributed by atoms with Gasteiger partial charge in [-0.25, -0.2) is 4.79 Å². The summed E-state index contributed by atoms with van der Waals surface area (Å²) in [6, 6.07) is 5.03. The first-order chi connectivity index (χ1) is 13.6. The lowest BCUT2D eigenvalue weighted by atomic mass is 9.89. The largest absolute Gasteiger partial charge is 0.507 e. The minimum atomic E-state index is -1.06. The van der Waals surface area contributed by atoms with Crippen LogP contribution in [0, 0.1) is 5.92 Å². The summed E-state index contributed by atoms with van der Waals surface area (Å²) in [7, 11) is 0. The minimum Gasteiger partial charge on any atom is -0.507 e. The highest BCUT2D eigenvalue weighted by Gasteiger charge is 2.13. The maximum Gasteiger partial charge on any atom is 0.339 e. The third-order valence-corrected chi connectivity index (χ3v) is 5.84. The Labute approximate surface area is 178 Å². The number of carboxylic acids is 1. The Hall–Kier alpha value is -1.55. The molecule has 29 heavy (non-hydrogen) atoms. The lowest BCUT2D eigenvalue weighted by molar-refractivity contribution is 0.0693. The first kappa shape index (κ1) is 27.5. The summed E-state index contributed by atoms with van der Waals surface area (Å²) in [5.74, 6) is -0.285. The van der Waals surface area contributed by atoms with Crippen molar-refractivity contribution in [2.45, 2.75) is 110 Å². The van der Waals surface area contributed by atoms with Crippen LogP contribution in [0.1, 0.15) is 120 Å². The van der Waals surface area contributed by atoms with Crippen LogP contribution in [-0.2, 0) is 6.42 Å². The molecule has 0 heterocycles. The van der Waals surface area contributed by atoms with E-state index in [-0.39, 0.29) is 17.5 Å². The molecule has 4 heteroatoms. The lowest BCUT2D eigenvalue weighted by Crippen LogP contribution is -2.02. The number of carbonyl (C=O) groups is 1. The van der Waals surface area contributed by atoms with Crippen LogP contribution in [0.5, 0.6) is 5.75 Å². The number of aromatic carboxylic acids is 1. The molecule has 0 spiro atoms. The molecular formula is C25H45NO3. The number of aryl methyl sites for hydroxylation is 1. The molecule has 5 N–H and O–H groups in total. The Morgan fingerprint density at radius 3 is 1.97 bits per heavy atom. The summed E-state index contributed by atoms with van der Waals surface area (Å²) < 4.78 is 0. The summed E-state index contributed by atoms with van der Waals surface area (Å²) in [5, 5.41) is 19.3. The normalized spacial score (nSPS) is 11.8. The summed E-state index contributed by atoms with van der Waals surface area (Å²) in [6.45, 7) is 4.53. The molecule has 0 aliphatic heterocycles. The van der Waals surface area contributed by atoms with E-state index in [0.717, 1.165) is 30.7 Å². The van der Waals surface area contributed by atoms with Crippen LogP contribution in [0.4, 0.5) is 0 Å². The van der Waals surface area contributed by atoms with E-state index in [1.807, 2.05) is 6.07 Å². The Morgan fingerprint density at radius 2 is 1.34 bits per heavy atom. The van der Waals surface area contributed by atoms with Gasteiger partial charge in [-0.05, 0) is 30.4 Å². The first-order valence-corrected chi connectivity index (χ1v) is 11.6. The average Bonchev–Trinajstić information content (AvgIpc) is 2.68. The van der Waals surface area contributed by atoms with Gasteiger partial charge >= 0.3 is 5.97 Å². The van der Waals surface area contributed by atoms with Crippen molar-refractivity contribution >= 4 is 5.97 Å². The molecular weight excluding hydrogens is 362 g/mol. The monoisotopic (exact) mass is 407 g/mol. The van der Waals surface area contributed by atoms with Gasteiger partial charge in [0.1, 0.15) is 11.3 Å². The summed E-state index contributed by atoms with van der Waals surface area (Å²) in [5.41, 5.74) is 0.774. The number of rotatable bonds is 17. The van der Waals surface area contributed by atoms with Gasteiger partial charge in [0.2, 0.25) is 0 Å². The van der Waals surface area contributed by atoms with Crippen LogP contribution < -0.4 is 6.15 Å². The zero-order valence-corrected chi connectivity index (χ0v) is 18.9. The van der Waals surface area contributed by atoms with E-state index in [0.29, 0.717) is 0 Å². The molecule has 0 aliphatic rings. The zero-order valence-electron chi connectivity index (χ0n) is 18.9. The van der Waals surface area contributed by atoms with Crippen molar-refractivity contribution in [3.05, 3.63) is 29.3 Å². The Morgan fingerprint density at radius 1 is 0.828 bits per heavy atom. The third kappa shape index (κ3) is 11.9. The molecule has 1 atom stereocenters. The summed E-state index contributed by atoms with van der Waals surface area (Å²) in [6.07, 6.45) is 19.0. The maximum absolute atomic E-state index is 11.1. The SMILES string of the molecule is CCCCCCCCC(CCCCC)CCCCc1cccc(C(=O)O)c1O.N. The smallest absolute Gasteiger partial charge is 0.339 e. The van der Waals surface area contributed by atoms with E-state index in [4.69, 9.17) is 5.11 Å². The van der Waals surface area contributed by atoms with E-state index in [9.17, 15) is 9.90 Å². The number of carboxylic acid groups (broad SMARTS) is 1. The van der Waals surface area contributed by atoms with Crippen LogP contribution in [0.3, 0.4) is 0 Å². The Kier molecular flexibility index (Phi) is 16.4. The molecule has 0 fully saturated rings. The van der Waals surface area contributed by atoms with E-state index >= 15 is 0 Å². The van der Waals surface area contributed by atoms with E-state index < -0.39 is 5.97 Å². The van der Waals surface area contributed by atoms with Gasteiger partial charge in [-0.3, -0.25) is 0 Å². The van der Waals surface area contributed by atoms with Gasteiger partial charge in [0.05, 0.1) is 0 Å². The van der Waals surface area contributed by atoms with Crippen molar-refractivity contribution in [2.75, 3.05) is 0 Å². The average molecular weight is 408 g/mol. The second-order valence-electron chi connectivity index (χ2n) is 8.28. The summed E-state index contributed by atoms with van der Waals surface area (Å²) >= 11 is 0. The van der Waals surface area contributed by atoms with Gasteiger partial charge in [0, 0.05) is 0 Å². The standard InChI is InChI=1S/C25H42O3.H3N/c1-3-5-7-8-9-11-16-21(15-10-6-4-2)17-12-13-18-22-19-14-20-23(24(22)26)25(27)28;/h14,19-21,26H,3-13,15-18H2,1-2H3,(H,27,28);1H3. The number of para-hydroxylation sites is 1. The van der Waals surface area contributed by atoms with Gasteiger partial charge in [0.25, 0.3) is 0 Å². The van der Waals surface area contributed by atoms with Crippen molar-refractivity contribution in [3.8, 4) is 5.75 Å². The lowest BCUT2D eigenvalue weighted by Gasteiger charge is -2.17. The minimum absolute atomic E-state index is 0. The number of phenols is 1. The highest BCUT2D eigenvalue weighted by molar-refractivity contribution is 5.91. The second-order valence-corrected chi connectivity index (χ2v) is 8.28. The Balaban J connectivity index is 0.00000784. The molecule has 1 aromatic carbocycles. The second kappa shape index (κ2) is 17.3. The van der Waals surface area contributed by atoms with Gasteiger partial charge in [-0.15, -0.1) is 0 Å². The molecule has 0 aromatic heterocycles. The van der Waals surface area contributed by atoms with Crippen LogP contribution >= 0.6 is 0 Å². The van der Waals surface area contributed by atoms with E-state index in [1.54, 1.807) is 6.07 Å². The zero-order chi connectivity index (χ0) is 20.6. The highest BCUT2D eigenvalue weighted by Crippen LogP contribution is 2.27. The molecule has 0 radical (unpaired) electrons. The van der Waals surface area contributed by atoms with Gasteiger partial charge in [-0.2, -0.15) is 0 Å². The van der Waals surface area contributed by atoms with Crippen LogP contribution in [-0.4, -0.2) is 16.2 Å². The Bertz CT molecular complexity index is 545. The molecule has 1 rings (SSSR count). The van der Waals surface area contributed by atoms with Crippen molar-refractivity contribution in [1.82, 2.24) is 6.15 Å². The predicted octanol–water partition coefficient (Wildman–Crippen LogP) is 7.91. The molecule has 168 valence electrons. The van der Waals surface area contributed by atoms with Crippen molar-refractivity contribution < 1.29 is 15.0 Å². The number of aromatic hydroxyl groups is 1. The number of hydrogen-bond donors (Lipinski definition) is 3. The number of benzene rings is 1. The van der Waals surface area contributed by atoms with Crippen molar-refractivity contribution in [1.29, 1.82) is 0 Å². The molecule has 0 amide bonds. The van der Waals surface area contributed by atoms with E-state index in [2.05, 4.69) is 13.8 Å². The maximum atomic E-state index is 11.1. The topological polar surface area (TPSA) is 92.5 Å². The van der Waals surface area contributed by atoms with Crippen molar-refractivity contribution in [3.63, 3.8) is 0 Å². The van der Waals surface area contributed by atoms with Crippen molar-refractivity contribution in [2.24, 2.45) is 5.92 Å². The fourth-order valence-corrected chi connectivity index (χ4v) is 4.04. The molecule has 1 unspecified atom stereocenters.